The van der Waals surface area contributed by atoms with Gasteiger partial charge in [0.1, 0.15) is 18.1 Å². The molecule has 0 saturated heterocycles. The Kier molecular flexibility index (Phi) is 2.28. The van der Waals surface area contributed by atoms with Crippen molar-refractivity contribution < 1.29 is 4.52 Å². The summed E-state index contributed by atoms with van der Waals surface area (Å²) in [4.78, 5) is 12.1. The van der Waals surface area contributed by atoms with Crippen molar-refractivity contribution in [2.24, 2.45) is 0 Å². The predicted octanol–water partition coefficient (Wildman–Crippen LogP) is 0.788. The zero-order valence-electron chi connectivity index (χ0n) is 8.90. The molecule has 18 heavy (non-hydrogen) atoms. The van der Waals surface area contributed by atoms with E-state index in [1.54, 1.807) is 12.1 Å². The van der Waals surface area contributed by atoms with Gasteiger partial charge in [0.2, 0.25) is 5.82 Å². The third-order valence-corrected chi connectivity index (χ3v) is 2.16. The van der Waals surface area contributed by atoms with Gasteiger partial charge in [-0.1, -0.05) is 5.16 Å². The molecule has 0 bridgehead atoms. The summed E-state index contributed by atoms with van der Waals surface area (Å²) in [5.41, 5.74) is 0.959. The standard InChI is InChI=1S/C10H5N7O/c11-3-6-1-2-7(12-4-6)10-15-9(17-18-10)8-13-5-14-16-8/h1-2,4-5H,(H,13,14,16). The average molecular weight is 239 g/mol. The van der Waals surface area contributed by atoms with E-state index in [1.807, 2.05) is 6.07 Å². The third-order valence-electron chi connectivity index (χ3n) is 2.16. The zero-order valence-corrected chi connectivity index (χ0v) is 8.90. The van der Waals surface area contributed by atoms with Crippen molar-refractivity contribution in [3.63, 3.8) is 0 Å². The Labute approximate surface area is 100 Å². The first kappa shape index (κ1) is 10.1. The minimum atomic E-state index is 0.255. The summed E-state index contributed by atoms with van der Waals surface area (Å²) in [6.07, 6.45) is 2.79. The van der Waals surface area contributed by atoms with E-state index in [9.17, 15) is 0 Å². The average Bonchev–Trinajstić information content (AvgIpc) is 3.09. The van der Waals surface area contributed by atoms with Crippen LogP contribution in [0.5, 0.6) is 0 Å². The lowest BCUT2D eigenvalue weighted by atomic mass is 10.3. The molecule has 8 heteroatoms. The highest BCUT2D eigenvalue weighted by molar-refractivity contribution is 5.51. The molecule has 3 aromatic rings. The van der Waals surface area contributed by atoms with Crippen LogP contribution in [-0.4, -0.2) is 30.3 Å². The summed E-state index contributed by atoms with van der Waals surface area (Å²) in [6, 6.07) is 5.24. The highest BCUT2D eigenvalue weighted by atomic mass is 16.5. The van der Waals surface area contributed by atoms with Gasteiger partial charge < -0.3 is 4.52 Å². The van der Waals surface area contributed by atoms with Crippen molar-refractivity contribution in [2.75, 3.05) is 0 Å². The van der Waals surface area contributed by atoms with Gasteiger partial charge in [0.05, 0.1) is 5.56 Å². The topological polar surface area (TPSA) is 117 Å². The Balaban J connectivity index is 1.95. The van der Waals surface area contributed by atoms with Gasteiger partial charge in [-0.15, -0.1) is 0 Å². The summed E-state index contributed by atoms with van der Waals surface area (Å²) < 4.78 is 5.05. The van der Waals surface area contributed by atoms with E-state index in [-0.39, 0.29) is 5.89 Å². The lowest BCUT2D eigenvalue weighted by molar-refractivity contribution is 0.430. The lowest BCUT2D eigenvalue weighted by Crippen LogP contribution is -1.86. The smallest absolute Gasteiger partial charge is 0.276 e. The number of nitrogens with one attached hydrogen (secondary N) is 1. The van der Waals surface area contributed by atoms with Crippen LogP contribution in [0.15, 0.2) is 29.2 Å². The molecule has 0 aliphatic rings. The van der Waals surface area contributed by atoms with Gasteiger partial charge in [0.25, 0.3) is 5.89 Å². The van der Waals surface area contributed by atoms with Gasteiger partial charge in [-0.2, -0.15) is 15.3 Å². The molecule has 3 aromatic heterocycles. The summed E-state index contributed by atoms with van der Waals surface area (Å²) in [7, 11) is 0. The Morgan fingerprint density at radius 3 is 2.89 bits per heavy atom. The van der Waals surface area contributed by atoms with Gasteiger partial charge in [0, 0.05) is 6.20 Å². The second-order valence-corrected chi connectivity index (χ2v) is 3.30. The van der Waals surface area contributed by atoms with E-state index in [2.05, 4.69) is 30.3 Å². The van der Waals surface area contributed by atoms with E-state index in [1.165, 1.54) is 12.5 Å². The number of hydrogen-bond donors (Lipinski definition) is 1. The Morgan fingerprint density at radius 1 is 1.28 bits per heavy atom. The molecule has 0 radical (unpaired) electrons. The lowest BCUT2D eigenvalue weighted by Gasteiger charge is -1.91. The number of aromatic amines is 1. The first-order valence-electron chi connectivity index (χ1n) is 4.93. The fraction of sp³-hybridized carbons (Fsp3) is 0. The first-order valence-corrected chi connectivity index (χ1v) is 4.93. The van der Waals surface area contributed by atoms with Crippen LogP contribution in [-0.2, 0) is 0 Å². The molecule has 0 saturated carbocycles. The largest absolute Gasteiger partial charge is 0.332 e. The second-order valence-electron chi connectivity index (χ2n) is 3.30. The van der Waals surface area contributed by atoms with Gasteiger partial charge >= 0.3 is 0 Å². The quantitative estimate of drug-likeness (QED) is 0.702. The predicted molar refractivity (Wildman–Crippen MR) is 57.6 cm³/mol. The highest BCUT2D eigenvalue weighted by Gasteiger charge is 2.13. The van der Waals surface area contributed by atoms with E-state index in [4.69, 9.17) is 9.78 Å². The maximum Gasteiger partial charge on any atom is 0.276 e. The molecular formula is C10H5N7O. The molecule has 3 rings (SSSR count). The van der Waals surface area contributed by atoms with Gasteiger partial charge in [-0.25, -0.2) is 9.97 Å². The van der Waals surface area contributed by atoms with Crippen molar-refractivity contribution in [1.82, 2.24) is 30.3 Å². The van der Waals surface area contributed by atoms with Crippen LogP contribution in [0.2, 0.25) is 0 Å². The van der Waals surface area contributed by atoms with E-state index < -0.39 is 0 Å². The van der Waals surface area contributed by atoms with Crippen LogP contribution in [0.25, 0.3) is 23.2 Å². The van der Waals surface area contributed by atoms with Crippen molar-refractivity contribution >= 4 is 0 Å². The van der Waals surface area contributed by atoms with E-state index >= 15 is 0 Å². The van der Waals surface area contributed by atoms with Crippen LogP contribution in [0, 0.1) is 11.3 Å². The molecule has 0 aliphatic carbocycles. The molecule has 8 nitrogen and oxygen atoms in total. The maximum absolute atomic E-state index is 8.67. The minimum absolute atomic E-state index is 0.255. The van der Waals surface area contributed by atoms with Crippen LogP contribution in [0.1, 0.15) is 5.56 Å². The molecule has 0 aromatic carbocycles. The Bertz CT molecular complexity index is 693. The highest BCUT2D eigenvalue weighted by Crippen LogP contribution is 2.17. The molecule has 0 atom stereocenters. The van der Waals surface area contributed by atoms with E-state index in [0.717, 1.165) is 0 Å². The number of H-pyrrole nitrogens is 1. The molecule has 0 fully saturated rings. The molecular weight excluding hydrogens is 234 g/mol. The second kappa shape index (κ2) is 4.06. The molecule has 86 valence electrons. The first-order chi connectivity index (χ1) is 8.86. The maximum atomic E-state index is 8.67. The van der Waals surface area contributed by atoms with Gasteiger partial charge in [-0.3, -0.25) is 5.10 Å². The molecule has 0 unspecified atom stereocenters. The fourth-order valence-corrected chi connectivity index (χ4v) is 1.32. The van der Waals surface area contributed by atoms with Gasteiger partial charge in [0.15, 0.2) is 5.82 Å². The summed E-state index contributed by atoms with van der Waals surface area (Å²) in [5, 5.41) is 18.7. The van der Waals surface area contributed by atoms with Crippen molar-refractivity contribution in [2.45, 2.75) is 0 Å². The van der Waals surface area contributed by atoms with Crippen molar-refractivity contribution in [3.05, 3.63) is 30.2 Å². The number of aromatic nitrogens is 6. The number of hydrogen-bond acceptors (Lipinski definition) is 7. The Hall–Kier alpha value is -3.08. The van der Waals surface area contributed by atoms with Crippen molar-refractivity contribution in [3.8, 4) is 29.3 Å². The fourth-order valence-electron chi connectivity index (χ4n) is 1.32. The normalized spacial score (nSPS) is 10.2. The molecule has 3 heterocycles. The summed E-state index contributed by atoms with van der Waals surface area (Å²) in [6.45, 7) is 0. The third kappa shape index (κ3) is 1.69. The van der Waals surface area contributed by atoms with Crippen LogP contribution in [0.3, 0.4) is 0 Å². The van der Waals surface area contributed by atoms with Crippen LogP contribution in [0.4, 0.5) is 0 Å². The van der Waals surface area contributed by atoms with Crippen LogP contribution < -0.4 is 0 Å². The number of nitrogens with zero attached hydrogens (tertiary/aromatic N) is 6. The summed E-state index contributed by atoms with van der Waals surface area (Å²) in [5.74, 6) is 0.971. The molecule has 0 amide bonds. The Morgan fingerprint density at radius 2 is 2.22 bits per heavy atom. The van der Waals surface area contributed by atoms with E-state index in [0.29, 0.717) is 22.9 Å². The monoisotopic (exact) mass is 239 g/mol. The molecule has 0 spiro atoms. The molecule has 0 aliphatic heterocycles. The SMILES string of the molecule is N#Cc1ccc(-c2nc(-c3ncn[nH]3)no2)nc1. The molecule has 1 N–H and O–H groups in total. The number of rotatable bonds is 2. The summed E-state index contributed by atoms with van der Waals surface area (Å²) >= 11 is 0. The van der Waals surface area contributed by atoms with Gasteiger partial charge in [-0.05, 0) is 12.1 Å². The zero-order chi connectivity index (χ0) is 12.4. The number of nitriles is 1. The van der Waals surface area contributed by atoms with Crippen molar-refractivity contribution in [1.29, 1.82) is 5.26 Å². The number of pyridine rings is 1. The van der Waals surface area contributed by atoms with Crippen LogP contribution >= 0.6 is 0 Å². The minimum Gasteiger partial charge on any atom is -0.332 e.